The molecule has 0 bridgehead atoms. The molecule has 1 amide bonds. The lowest BCUT2D eigenvalue weighted by molar-refractivity contribution is 0.0727. The van der Waals surface area contributed by atoms with Gasteiger partial charge in [-0.2, -0.15) is 5.10 Å². The van der Waals surface area contributed by atoms with Crippen LogP contribution in [0, 0.1) is 12.7 Å². The Morgan fingerprint density at radius 1 is 1.11 bits per heavy atom. The topological polar surface area (TPSA) is 77.2 Å². The van der Waals surface area contributed by atoms with Gasteiger partial charge >= 0.3 is 0 Å². The Morgan fingerprint density at radius 3 is 2.64 bits per heavy atom. The van der Waals surface area contributed by atoms with E-state index in [1.807, 2.05) is 48.9 Å². The number of imidazole rings is 1. The maximum absolute atomic E-state index is 13.9. The molecule has 0 saturated heterocycles. The first-order valence-electron chi connectivity index (χ1n) is 11.8. The Kier molecular flexibility index (Phi) is 6.22. The second-order valence-corrected chi connectivity index (χ2v) is 9.05. The number of carbonyl (C=O) groups excluding carboxylic acids is 1. The fourth-order valence-corrected chi connectivity index (χ4v) is 4.94. The first-order chi connectivity index (χ1) is 17.4. The number of amides is 1. The van der Waals surface area contributed by atoms with Crippen LogP contribution in [0.25, 0.3) is 11.1 Å². The van der Waals surface area contributed by atoms with Crippen molar-refractivity contribution >= 4 is 11.9 Å². The van der Waals surface area contributed by atoms with Crippen molar-refractivity contribution in [3.63, 3.8) is 0 Å². The molecule has 4 aromatic rings. The molecule has 5 rings (SSSR count). The maximum Gasteiger partial charge on any atom is 0.254 e. The molecule has 1 aliphatic rings. The van der Waals surface area contributed by atoms with Crippen LogP contribution in [-0.2, 0) is 26.6 Å². The maximum atomic E-state index is 13.9. The zero-order chi connectivity index (χ0) is 25.4. The Labute approximate surface area is 209 Å². The summed E-state index contributed by atoms with van der Waals surface area (Å²) in [5, 5.41) is 7.64. The van der Waals surface area contributed by atoms with Crippen LogP contribution in [0.3, 0.4) is 0 Å². The van der Waals surface area contributed by atoms with E-state index in [1.165, 1.54) is 13.2 Å². The van der Waals surface area contributed by atoms with Gasteiger partial charge in [0.2, 0.25) is 5.95 Å². The zero-order valence-electron chi connectivity index (χ0n) is 20.9. The van der Waals surface area contributed by atoms with Gasteiger partial charge in [-0.3, -0.25) is 9.48 Å². The summed E-state index contributed by atoms with van der Waals surface area (Å²) in [7, 11) is 5.18. The van der Waals surface area contributed by atoms with Crippen molar-refractivity contribution in [1.29, 1.82) is 0 Å². The van der Waals surface area contributed by atoms with Gasteiger partial charge in [0.25, 0.3) is 5.91 Å². The SMILES string of the molecule is CNc1nccn1Cc1cc2c(c(-c3cn(C)nc3C)c1)CCN(Cc1ccc(F)c(OC)c1)C2=O. The number of methoxy groups -OCH3 is 1. The number of aryl methyl sites for hydroxylation is 2. The summed E-state index contributed by atoms with van der Waals surface area (Å²) in [5.74, 6) is 0.474. The standard InChI is InChI=1S/C27H29FN6O2/c1-17-23(16-32(3)31-17)21-11-19(15-34-10-8-30-27(34)29-2)12-22-20(21)7-9-33(26(22)35)14-18-5-6-24(28)25(13-18)36-4/h5-6,8,10-13,16H,7,9,14-15H2,1-4H3,(H,29,30). The molecule has 9 heteroatoms. The van der Waals surface area contributed by atoms with Crippen LogP contribution in [0.1, 0.15) is 32.7 Å². The number of fused-ring (bicyclic) bond motifs is 1. The Bertz CT molecular complexity index is 1440. The molecule has 0 unspecified atom stereocenters. The summed E-state index contributed by atoms with van der Waals surface area (Å²) in [6.07, 6.45) is 6.39. The summed E-state index contributed by atoms with van der Waals surface area (Å²) in [6, 6.07) is 8.87. The molecule has 0 aliphatic carbocycles. The number of carbonyl (C=O) groups is 1. The molecule has 1 aliphatic heterocycles. The Balaban J connectivity index is 1.55. The summed E-state index contributed by atoms with van der Waals surface area (Å²) in [5.41, 5.74) is 6.53. The van der Waals surface area contributed by atoms with Crippen molar-refractivity contribution in [1.82, 2.24) is 24.2 Å². The minimum absolute atomic E-state index is 0.0383. The third kappa shape index (κ3) is 4.32. The highest BCUT2D eigenvalue weighted by Crippen LogP contribution is 2.34. The van der Waals surface area contributed by atoms with E-state index in [-0.39, 0.29) is 11.7 Å². The number of ether oxygens (including phenoxy) is 1. The summed E-state index contributed by atoms with van der Waals surface area (Å²) < 4.78 is 22.8. The van der Waals surface area contributed by atoms with Crippen LogP contribution >= 0.6 is 0 Å². The van der Waals surface area contributed by atoms with Crippen molar-refractivity contribution in [2.24, 2.45) is 7.05 Å². The molecule has 0 radical (unpaired) electrons. The molecule has 8 nitrogen and oxygen atoms in total. The molecule has 2 aromatic heterocycles. The normalized spacial score (nSPS) is 13.1. The predicted molar refractivity (Wildman–Crippen MR) is 136 cm³/mol. The smallest absolute Gasteiger partial charge is 0.254 e. The third-order valence-corrected chi connectivity index (χ3v) is 6.64. The Morgan fingerprint density at radius 2 is 1.92 bits per heavy atom. The predicted octanol–water partition coefficient (Wildman–Crippen LogP) is 4.03. The van der Waals surface area contributed by atoms with E-state index in [0.29, 0.717) is 25.2 Å². The lowest BCUT2D eigenvalue weighted by atomic mass is 9.88. The number of nitrogens with zero attached hydrogens (tertiary/aromatic N) is 5. The molecule has 2 aromatic carbocycles. The van der Waals surface area contributed by atoms with Crippen LogP contribution in [0.4, 0.5) is 10.3 Å². The van der Waals surface area contributed by atoms with Crippen LogP contribution in [0.2, 0.25) is 0 Å². The van der Waals surface area contributed by atoms with E-state index in [1.54, 1.807) is 23.0 Å². The number of halogens is 1. The van der Waals surface area contributed by atoms with Crippen molar-refractivity contribution in [2.45, 2.75) is 26.4 Å². The third-order valence-electron chi connectivity index (χ3n) is 6.64. The van der Waals surface area contributed by atoms with Gasteiger partial charge in [0.1, 0.15) is 0 Å². The second kappa shape index (κ2) is 9.49. The molecule has 0 spiro atoms. The fourth-order valence-electron chi connectivity index (χ4n) is 4.94. The highest BCUT2D eigenvalue weighted by molar-refractivity contribution is 5.99. The van der Waals surface area contributed by atoms with Crippen LogP contribution in [-0.4, -0.2) is 50.8 Å². The number of aromatic nitrogens is 4. The number of anilines is 1. The van der Waals surface area contributed by atoms with Gasteiger partial charge < -0.3 is 19.5 Å². The minimum atomic E-state index is -0.418. The number of nitrogens with one attached hydrogen (secondary N) is 1. The monoisotopic (exact) mass is 488 g/mol. The fraction of sp³-hybridized carbons (Fsp3) is 0.296. The molecule has 0 fully saturated rings. The van der Waals surface area contributed by atoms with Gasteiger partial charge in [0, 0.05) is 56.9 Å². The van der Waals surface area contributed by atoms with E-state index >= 15 is 0 Å². The first-order valence-corrected chi connectivity index (χ1v) is 11.8. The lowest BCUT2D eigenvalue weighted by Crippen LogP contribution is -2.37. The van der Waals surface area contributed by atoms with Crippen LogP contribution in [0.5, 0.6) is 5.75 Å². The van der Waals surface area contributed by atoms with E-state index < -0.39 is 5.82 Å². The molecule has 3 heterocycles. The van der Waals surface area contributed by atoms with Crippen molar-refractivity contribution in [3.8, 4) is 16.9 Å². The molecular formula is C27H29FN6O2. The average Bonchev–Trinajstić information content (AvgIpc) is 3.46. The molecule has 0 saturated carbocycles. The van der Waals surface area contributed by atoms with E-state index in [2.05, 4.69) is 21.5 Å². The van der Waals surface area contributed by atoms with Crippen molar-refractivity contribution < 1.29 is 13.9 Å². The van der Waals surface area contributed by atoms with Gasteiger partial charge in [0.15, 0.2) is 11.6 Å². The second-order valence-electron chi connectivity index (χ2n) is 9.05. The summed E-state index contributed by atoms with van der Waals surface area (Å²) >= 11 is 0. The van der Waals surface area contributed by atoms with Crippen LogP contribution in [0.15, 0.2) is 48.9 Å². The number of benzene rings is 2. The van der Waals surface area contributed by atoms with Gasteiger partial charge in [-0.1, -0.05) is 6.07 Å². The molecular weight excluding hydrogens is 459 g/mol. The number of hydrogen-bond acceptors (Lipinski definition) is 5. The highest BCUT2D eigenvalue weighted by atomic mass is 19.1. The quantitative estimate of drug-likeness (QED) is 0.425. The van der Waals surface area contributed by atoms with Gasteiger partial charge in [-0.25, -0.2) is 9.37 Å². The van der Waals surface area contributed by atoms with Crippen molar-refractivity contribution in [3.05, 3.63) is 82.7 Å². The van der Waals surface area contributed by atoms with Crippen LogP contribution < -0.4 is 10.1 Å². The number of hydrogen-bond donors (Lipinski definition) is 1. The lowest BCUT2D eigenvalue weighted by Gasteiger charge is -2.31. The number of rotatable bonds is 7. The molecule has 186 valence electrons. The molecule has 0 atom stereocenters. The minimum Gasteiger partial charge on any atom is -0.494 e. The largest absolute Gasteiger partial charge is 0.494 e. The summed E-state index contributed by atoms with van der Waals surface area (Å²) in [6.45, 7) is 3.51. The molecule has 1 N–H and O–H groups in total. The average molecular weight is 489 g/mol. The first kappa shape index (κ1) is 23.6. The van der Waals surface area contributed by atoms with E-state index in [0.717, 1.165) is 45.9 Å². The van der Waals surface area contributed by atoms with Gasteiger partial charge in [0.05, 0.1) is 19.3 Å². The molecule has 36 heavy (non-hydrogen) atoms. The van der Waals surface area contributed by atoms with Gasteiger partial charge in [-0.05, 0) is 59.9 Å². The highest BCUT2D eigenvalue weighted by Gasteiger charge is 2.28. The van der Waals surface area contributed by atoms with E-state index in [9.17, 15) is 9.18 Å². The van der Waals surface area contributed by atoms with Gasteiger partial charge in [-0.15, -0.1) is 0 Å². The Hall–Kier alpha value is -4.14. The summed E-state index contributed by atoms with van der Waals surface area (Å²) in [4.78, 5) is 19.9. The zero-order valence-corrected chi connectivity index (χ0v) is 20.9. The van der Waals surface area contributed by atoms with Crippen molar-refractivity contribution in [2.75, 3.05) is 26.0 Å². The van der Waals surface area contributed by atoms with E-state index in [4.69, 9.17) is 4.74 Å².